The van der Waals surface area contributed by atoms with E-state index in [0.29, 0.717) is 28.4 Å². The van der Waals surface area contributed by atoms with Gasteiger partial charge in [0.05, 0.1) is 16.3 Å². The van der Waals surface area contributed by atoms with Gasteiger partial charge in [0.2, 0.25) is 5.91 Å². The summed E-state index contributed by atoms with van der Waals surface area (Å²) < 4.78 is 0.887. The molecule has 1 heterocycles. The topological polar surface area (TPSA) is 71.1 Å². The summed E-state index contributed by atoms with van der Waals surface area (Å²) in [7, 11) is 0. The maximum atomic E-state index is 12.9. The molecule has 0 aliphatic rings. The zero-order valence-corrected chi connectivity index (χ0v) is 18.6. The summed E-state index contributed by atoms with van der Waals surface area (Å²) in [6, 6.07) is 16.0. The smallest absolute Gasteiger partial charge is 0.256 e. The lowest BCUT2D eigenvalue weighted by molar-refractivity contribution is -0.115. The van der Waals surface area contributed by atoms with Crippen molar-refractivity contribution in [2.24, 2.45) is 0 Å². The average molecular weight is 491 g/mol. The number of hydrogen-bond donors (Lipinski definition) is 2. The summed E-state index contributed by atoms with van der Waals surface area (Å²) >= 11 is 11.0. The second-order valence-electron chi connectivity index (χ2n) is 5.96. The molecule has 5 nitrogen and oxygen atoms in total. The molecular weight excluding hydrogens is 474 g/mol. The van der Waals surface area contributed by atoms with Gasteiger partial charge in [-0.25, -0.2) is 4.98 Å². The summed E-state index contributed by atoms with van der Waals surface area (Å²) in [5.41, 5.74) is 1.49. The van der Waals surface area contributed by atoms with Crippen molar-refractivity contribution < 1.29 is 9.59 Å². The van der Waals surface area contributed by atoms with Crippen LogP contribution in [0.1, 0.15) is 23.7 Å². The first-order valence-electron chi connectivity index (χ1n) is 8.75. The van der Waals surface area contributed by atoms with Gasteiger partial charge in [0.25, 0.3) is 5.91 Å². The first-order chi connectivity index (χ1) is 14.0. The lowest BCUT2D eigenvalue weighted by Gasteiger charge is -2.12. The number of halogens is 2. The van der Waals surface area contributed by atoms with Crippen LogP contribution in [0.2, 0.25) is 5.02 Å². The van der Waals surface area contributed by atoms with Gasteiger partial charge in [0.1, 0.15) is 5.03 Å². The molecule has 0 radical (unpaired) electrons. The molecule has 0 fully saturated rings. The third-order valence-corrected chi connectivity index (χ3v) is 5.69. The summed E-state index contributed by atoms with van der Waals surface area (Å²) in [5.74, 6) is -0.417. The number of benzene rings is 2. The number of rotatable bonds is 6. The Hall–Kier alpha value is -2.35. The number of pyridine rings is 1. The van der Waals surface area contributed by atoms with Gasteiger partial charge in [-0.05, 0) is 58.4 Å². The fraction of sp³-hybridized carbons (Fsp3) is 0.0952. The first kappa shape index (κ1) is 21.4. The van der Waals surface area contributed by atoms with Gasteiger partial charge in [0.15, 0.2) is 0 Å². The lowest BCUT2D eigenvalue weighted by Crippen LogP contribution is -2.14. The Morgan fingerprint density at radius 2 is 1.90 bits per heavy atom. The second kappa shape index (κ2) is 9.91. The standard InChI is InChI=1S/C21H17BrClN3O2S/c1-2-19(27)25-14-8-9-16(23)17(11-14)26-21(28)15-5-3-4-6-18(15)29-20-10-7-13(22)12-24-20/h3-12H,2H2,1H3,(H,25,27)(H,26,28). The number of carbonyl (C=O) groups excluding carboxylic acids is 2. The van der Waals surface area contributed by atoms with Crippen LogP contribution in [0.15, 0.2) is 75.2 Å². The van der Waals surface area contributed by atoms with Gasteiger partial charge in [-0.1, -0.05) is 42.4 Å². The van der Waals surface area contributed by atoms with Crippen molar-refractivity contribution in [2.45, 2.75) is 23.3 Å². The molecule has 29 heavy (non-hydrogen) atoms. The summed E-state index contributed by atoms with van der Waals surface area (Å²) in [4.78, 5) is 29.7. The van der Waals surface area contributed by atoms with Crippen molar-refractivity contribution in [1.82, 2.24) is 4.98 Å². The van der Waals surface area contributed by atoms with Crippen molar-refractivity contribution >= 4 is 62.5 Å². The quantitative estimate of drug-likeness (QED) is 0.428. The minimum Gasteiger partial charge on any atom is -0.326 e. The molecule has 0 atom stereocenters. The van der Waals surface area contributed by atoms with E-state index in [9.17, 15) is 9.59 Å². The molecule has 3 aromatic rings. The normalized spacial score (nSPS) is 10.4. The third-order valence-electron chi connectivity index (χ3n) is 3.87. The third kappa shape index (κ3) is 5.82. The van der Waals surface area contributed by atoms with Crippen LogP contribution in [0.4, 0.5) is 11.4 Å². The van der Waals surface area contributed by atoms with E-state index in [1.165, 1.54) is 11.8 Å². The zero-order valence-electron chi connectivity index (χ0n) is 15.4. The van der Waals surface area contributed by atoms with Crippen LogP contribution in [0.5, 0.6) is 0 Å². The highest BCUT2D eigenvalue weighted by Gasteiger charge is 2.15. The van der Waals surface area contributed by atoms with Gasteiger partial charge >= 0.3 is 0 Å². The van der Waals surface area contributed by atoms with Crippen LogP contribution < -0.4 is 10.6 Å². The van der Waals surface area contributed by atoms with E-state index in [4.69, 9.17) is 11.6 Å². The minimum atomic E-state index is -0.300. The Morgan fingerprint density at radius 1 is 1.10 bits per heavy atom. The molecule has 2 amide bonds. The molecule has 3 rings (SSSR count). The monoisotopic (exact) mass is 489 g/mol. The molecule has 148 valence electrons. The van der Waals surface area contributed by atoms with Gasteiger partial charge in [-0.3, -0.25) is 9.59 Å². The SMILES string of the molecule is CCC(=O)Nc1ccc(Cl)c(NC(=O)c2ccccc2Sc2ccc(Br)cn2)c1. The molecule has 0 bridgehead atoms. The number of nitrogens with zero attached hydrogens (tertiary/aromatic N) is 1. The Bertz CT molecular complexity index is 1040. The number of nitrogens with one attached hydrogen (secondary N) is 2. The first-order valence-corrected chi connectivity index (χ1v) is 10.7. The Labute approximate surface area is 186 Å². The van der Waals surface area contributed by atoms with Crippen molar-refractivity contribution in [3.05, 3.63) is 75.9 Å². The van der Waals surface area contributed by atoms with Gasteiger partial charge < -0.3 is 10.6 Å². The molecule has 0 saturated carbocycles. The van der Waals surface area contributed by atoms with E-state index in [0.717, 1.165) is 14.4 Å². The number of hydrogen-bond acceptors (Lipinski definition) is 4. The minimum absolute atomic E-state index is 0.117. The van der Waals surface area contributed by atoms with Gasteiger partial charge in [0, 0.05) is 27.7 Å². The predicted molar refractivity (Wildman–Crippen MR) is 121 cm³/mol. The van der Waals surface area contributed by atoms with Crippen LogP contribution in [0.3, 0.4) is 0 Å². The van der Waals surface area contributed by atoms with Crippen LogP contribution in [-0.4, -0.2) is 16.8 Å². The molecule has 0 saturated heterocycles. The van der Waals surface area contributed by atoms with Crippen LogP contribution in [-0.2, 0) is 4.79 Å². The van der Waals surface area contributed by atoms with E-state index in [-0.39, 0.29) is 11.8 Å². The lowest BCUT2D eigenvalue weighted by atomic mass is 10.2. The molecule has 8 heteroatoms. The number of carbonyl (C=O) groups is 2. The largest absolute Gasteiger partial charge is 0.326 e. The molecule has 0 unspecified atom stereocenters. The Morgan fingerprint density at radius 3 is 2.62 bits per heavy atom. The van der Waals surface area contributed by atoms with E-state index < -0.39 is 0 Å². The van der Waals surface area contributed by atoms with Crippen molar-refractivity contribution in [2.75, 3.05) is 10.6 Å². The van der Waals surface area contributed by atoms with Crippen LogP contribution in [0.25, 0.3) is 0 Å². The Balaban J connectivity index is 1.82. The van der Waals surface area contributed by atoms with Crippen molar-refractivity contribution in [3.8, 4) is 0 Å². The summed E-state index contributed by atoms with van der Waals surface area (Å²) in [6.45, 7) is 1.77. The van der Waals surface area contributed by atoms with Crippen LogP contribution in [0, 0.1) is 0 Å². The molecule has 2 aromatic carbocycles. The van der Waals surface area contributed by atoms with E-state index >= 15 is 0 Å². The number of anilines is 2. The van der Waals surface area contributed by atoms with Gasteiger partial charge in [-0.15, -0.1) is 0 Å². The molecule has 0 spiro atoms. The molecular formula is C21H17BrClN3O2S. The summed E-state index contributed by atoms with van der Waals surface area (Å²) in [6.07, 6.45) is 2.07. The van der Waals surface area contributed by atoms with E-state index in [1.807, 2.05) is 24.3 Å². The Kier molecular flexibility index (Phi) is 7.30. The molecule has 0 aliphatic carbocycles. The van der Waals surface area contributed by atoms with Crippen molar-refractivity contribution in [3.63, 3.8) is 0 Å². The fourth-order valence-electron chi connectivity index (χ4n) is 2.42. The van der Waals surface area contributed by atoms with E-state index in [2.05, 4.69) is 31.5 Å². The summed E-state index contributed by atoms with van der Waals surface area (Å²) in [5, 5.41) is 6.74. The highest BCUT2D eigenvalue weighted by Crippen LogP contribution is 2.31. The maximum absolute atomic E-state index is 12.9. The van der Waals surface area contributed by atoms with Crippen molar-refractivity contribution in [1.29, 1.82) is 0 Å². The highest BCUT2D eigenvalue weighted by atomic mass is 79.9. The maximum Gasteiger partial charge on any atom is 0.256 e. The zero-order chi connectivity index (χ0) is 20.8. The number of amides is 2. The number of aromatic nitrogens is 1. The molecule has 1 aromatic heterocycles. The average Bonchev–Trinajstić information content (AvgIpc) is 2.72. The second-order valence-corrected chi connectivity index (χ2v) is 8.35. The fourth-order valence-corrected chi connectivity index (χ4v) is 3.70. The molecule has 0 aliphatic heterocycles. The van der Waals surface area contributed by atoms with Gasteiger partial charge in [-0.2, -0.15) is 0 Å². The molecule has 2 N–H and O–H groups in total. The van der Waals surface area contributed by atoms with E-state index in [1.54, 1.807) is 43.5 Å². The van der Waals surface area contributed by atoms with Crippen LogP contribution >= 0.6 is 39.3 Å². The highest BCUT2D eigenvalue weighted by molar-refractivity contribution is 9.10. The predicted octanol–water partition coefficient (Wildman–Crippen LogP) is 6.25.